The van der Waals surface area contributed by atoms with Crippen LogP contribution in [-0.4, -0.2) is 32.4 Å². The van der Waals surface area contributed by atoms with E-state index < -0.39 is 53.1 Å². The minimum atomic E-state index is -6.33. The molecule has 1 aromatic carbocycles. The zero-order valence-corrected chi connectivity index (χ0v) is 20.7. The van der Waals surface area contributed by atoms with Gasteiger partial charge < -0.3 is 15.9 Å². The average molecular weight is 592 g/mol. The second kappa shape index (κ2) is 9.96. The Labute approximate surface area is 219 Å². The van der Waals surface area contributed by atoms with Crippen molar-refractivity contribution in [2.45, 2.75) is 43.1 Å². The number of carbonyl (C=O) groups is 1. The number of nitrogens with two attached hydrogens (primary N) is 2. The summed E-state index contributed by atoms with van der Waals surface area (Å²) < 4.78 is 107. The molecule has 1 amide bonds. The second-order valence-corrected chi connectivity index (χ2v) is 9.20. The molecule has 0 atom stereocenters. The van der Waals surface area contributed by atoms with Crippen LogP contribution in [0.4, 0.5) is 35.1 Å². The fourth-order valence-corrected chi connectivity index (χ4v) is 4.02. The highest BCUT2D eigenvalue weighted by atomic mass is 35.5. The molecule has 7 nitrogen and oxygen atoms in total. The second-order valence-electron chi connectivity index (χ2n) is 8.35. The number of aromatic nitrogens is 2. The maximum Gasteiger partial charge on any atom is 0.459 e. The minimum absolute atomic E-state index is 0.0219. The molecule has 1 aliphatic carbocycles. The molecule has 1 aromatic heterocycles. The lowest BCUT2D eigenvalue weighted by Crippen LogP contribution is -2.45. The molecule has 0 spiro atoms. The largest absolute Gasteiger partial charge is 0.459 e. The molecule has 208 valence electrons. The predicted molar refractivity (Wildman–Crippen MR) is 123 cm³/mol. The van der Waals surface area contributed by atoms with Crippen LogP contribution in [0.1, 0.15) is 45.7 Å². The lowest BCUT2D eigenvalue weighted by atomic mass is 10.0. The number of nitrogens with one attached hydrogen (secondary N) is 1. The third-order valence-corrected chi connectivity index (χ3v) is 6.50. The summed E-state index contributed by atoms with van der Waals surface area (Å²) in [5.41, 5.74) is -1.07. The van der Waals surface area contributed by atoms with E-state index in [-0.39, 0.29) is 31.6 Å². The van der Waals surface area contributed by atoms with E-state index in [0.29, 0.717) is 12.8 Å². The van der Waals surface area contributed by atoms with Gasteiger partial charge in [0, 0.05) is 19.0 Å². The van der Waals surface area contributed by atoms with Crippen molar-refractivity contribution in [3.8, 4) is 0 Å². The van der Waals surface area contributed by atoms with Gasteiger partial charge in [0.1, 0.15) is 11.3 Å². The fourth-order valence-electron chi connectivity index (χ4n) is 3.56. The Morgan fingerprint density at radius 3 is 2.32 bits per heavy atom. The van der Waals surface area contributed by atoms with Crippen LogP contribution < -0.4 is 16.9 Å². The first-order valence-corrected chi connectivity index (χ1v) is 11.2. The number of halogens is 9. The van der Waals surface area contributed by atoms with Crippen molar-refractivity contribution in [1.29, 1.82) is 0 Å². The van der Waals surface area contributed by atoms with Gasteiger partial charge in [-0.1, -0.05) is 23.8 Å². The van der Waals surface area contributed by atoms with Crippen molar-refractivity contribution in [2.24, 2.45) is 18.7 Å². The summed E-state index contributed by atoms with van der Waals surface area (Å²) in [5, 5.41) is 5.45. The van der Waals surface area contributed by atoms with E-state index in [0.717, 1.165) is 13.1 Å². The van der Waals surface area contributed by atoms with Crippen LogP contribution in [-0.2, 0) is 30.4 Å². The van der Waals surface area contributed by atoms with Crippen molar-refractivity contribution in [2.75, 3.05) is 0 Å². The van der Waals surface area contributed by atoms with Gasteiger partial charge in [-0.15, -0.1) is 0 Å². The molecule has 1 aliphatic rings. The highest BCUT2D eigenvalue weighted by Crippen LogP contribution is 2.48. The van der Waals surface area contributed by atoms with Crippen LogP contribution in [0.5, 0.6) is 0 Å². The number of amides is 1. The summed E-state index contributed by atoms with van der Waals surface area (Å²) in [6.07, 6.45) is -10.9. The van der Waals surface area contributed by atoms with Crippen LogP contribution >= 0.6 is 23.8 Å². The molecule has 0 saturated heterocycles. The van der Waals surface area contributed by atoms with Crippen molar-refractivity contribution in [3.63, 3.8) is 0 Å². The quantitative estimate of drug-likeness (QED) is 0.177. The van der Waals surface area contributed by atoms with Crippen LogP contribution in [0.2, 0.25) is 5.02 Å². The Morgan fingerprint density at radius 2 is 1.84 bits per heavy atom. The molecule has 17 heteroatoms. The van der Waals surface area contributed by atoms with Gasteiger partial charge in [-0.3, -0.25) is 9.48 Å². The van der Waals surface area contributed by atoms with Gasteiger partial charge in [0.05, 0.1) is 26.8 Å². The molecule has 0 unspecified atom stereocenters. The number of rotatable bonds is 8. The number of allylic oxidation sites excluding steroid dienone is 1. The molecule has 1 fully saturated rings. The predicted octanol–water partition coefficient (Wildman–Crippen LogP) is 4.77. The van der Waals surface area contributed by atoms with E-state index in [9.17, 15) is 39.9 Å². The summed E-state index contributed by atoms with van der Waals surface area (Å²) in [4.78, 5) is 17.5. The molecular formula is C21H18ClF8N5O2S. The summed E-state index contributed by atoms with van der Waals surface area (Å²) in [5.74, 6) is -1.67. The van der Waals surface area contributed by atoms with Gasteiger partial charge in [-0.05, 0) is 37.1 Å². The van der Waals surface area contributed by atoms with Gasteiger partial charge in [0.25, 0.3) is 5.91 Å². The minimum Gasteiger partial charge on any atom is -0.411 e. The van der Waals surface area contributed by atoms with Crippen LogP contribution in [0.15, 0.2) is 24.3 Å². The summed E-state index contributed by atoms with van der Waals surface area (Å²) in [7, 11) is 0.775. The van der Waals surface area contributed by atoms with E-state index >= 15 is 0 Å². The third kappa shape index (κ3) is 5.56. The third-order valence-electron chi connectivity index (χ3n) is 5.78. The van der Waals surface area contributed by atoms with Crippen molar-refractivity contribution < 1.29 is 44.8 Å². The van der Waals surface area contributed by atoms with Crippen molar-refractivity contribution >= 4 is 40.5 Å². The van der Waals surface area contributed by atoms with Crippen LogP contribution in [0.3, 0.4) is 0 Å². The number of hydrogen-bond acceptors (Lipinski definition) is 5. The van der Waals surface area contributed by atoms with Gasteiger partial charge in [0.15, 0.2) is 5.69 Å². The van der Waals surface area contributed by atoms with E-state index in [1.54, 1.807) is 0 Å². The van der Waals surface area contributed by atoms with Crippen molar-refractivity contribution in [3.05, 3.63) is 57.4 Å². The van der Waals surface area contributed by atoms with E-state index in [4.69, 9.17) is 35.4 Å². The SMILES string of the molecule is Cn1nc(C(F)(F)C(F)(F)F)c(C(F)(F)F)c1C/C=C(\ON)c1ccc(Cl)c(C(=O)NC2(C(N)=S)CC2)c1. The van der Waals surface area contributed by atoms with Crippen LogP contribution in [0, 0.1) is 0 Å². The monoisotopic (exact) mass is 591 g/mol. The average Bonchev–Trinajstić information content (AvgIpc) is 3.49. The van der Waals surface area contributed by atoms with Gasteiger partial charge in [-0.2, -0.15) is 46.1 Å². The lowest BCUT2D eigenvalue weighted by Gasteiger charge is -2.19. The highest BCUT2D eigenvalue weighted by molar-refractivity contribution is 7.80. The van der Waals surface area contributed by atoms with E-state index in [1.165, 1.54) is 18.2 Å². The lowest BCUT2D eigenvalue weighted by molar-refractivity contribution is -0.292. The molecule has 38 heavy (non-hydrogen) atoms. The number of thiocarbonyl (C=S) groups is 1. The number of hydrogen-bond donors (Lipinski definition) is 3. The fraction of sp³-hybridized carbons (Fsp3) is 0.381. The summed E-state index contributed by atoms with van der Waals surface area (Å²) >= 11 is 11.0. The molecule has 1 heterocycles. The summed E-state index contributed by atoms with van der Waals surface area (Å²) in [6, 6.07) is 3.73. The van der Waals surface area contributed by atoms with Crippen molar-refractivity contribution in [1.82, 2.24) is 15.1 Å². The number of carbonyl (C=O) groups excluding carboxylic acids is 1. The molecule has 5 N–H and O–H groups in total. The van der Waals surface area contributed by atoms with Gasteiger partial charge in [-0.25, -0.2) is 0 Å². The maximum absolute atomic E-state index is 13.9. The zero-order chi connectivity index (χ0) is 28.8. The Bertz CT molecular complexity index is 1300. The molecular weight excluding hydrogens is 574 g/mol. The first kappa shape index (κ1) is 29.6. The first-order valence-electron chi connectivity index (χ1n) is 10.4. The highest BCUT2D eigenvalue weighted by Gasteiger charge is 2.64. The number of benzene rings is 1. The molecule has 2 aromatic rings. The van der Waals surface area contributed by atoms with Crippen LogP contribution in [0.25, 0.3) is 5.76 Å². The Kier molecular flexibility index (Phi) is 7.75. The standard InChI is InChI=1S/C21H18ClF8N5O2S/c1-35-12(14(20(25,26)27)15(34-35)19(23,24)21(28,29)30)4-5-13(37-32)9-2-3-11(22)10(8-9)16(36)33-18(6-7-18)17(31)38/h2-3,5,8H,4,6-7,32H2,1H3,(H2,31,38)(H,33,36)/b13-5-. The zero-order valence-electron chi connectivity index (χ0n) is 19.1. The molecule has 0 bridgehead atoms. The Balaban J connectivity index is 2.00. The van der Waals surface area contributed by atoms with E-state index in [1.807, 2.05) is 0 Å². The van der Waals surface area contributed by atoms with Gasteiger partial charge >= 0.3 is 18.3 Å². The molecule has 0 radical (unpaired) electrons. The number of alkyl halides is 8. The molecule has 0 aliphatic heterocycles. The molecule has 1 saturated carbocycles. The number of aryl methyl sites for hydroxylation is 1. The van der Waals surface area contributed by atoms with E-state index in [2.05, 4.69) is 15.3 Å². The Hall–Kier alpha value is -2.98. The smallest absolute Gasteiger partial charge is 0.411 e. The molecule has 3 rings (SSSR count). The van der Waals surface area contributed by atoms with Gasteiger partial charge in [0.2, 0.25) is 0 Å². The normalized spacial score (nSPS) is 15.8. The first-order chi connectivity index (χ1) is 17.4. The summed E-state index contributed by atoms with van der Waals surface area (Å²) in [6.45, 7) is 0. The number of nitrogens with zero attached hydrogens (tertiary/aromatic N) is 2. The maximum atomic E-state index is 13.9. The Morgan fingerprint density at radius 1 is 1.24 bits per heavy atom. The topological polar surface area (TPSA) is 108 Å².